The summed E-state index contributed by atoms with van der Waals surface area (Å²) in [6, 6.07) is 7.40. The highest BCUT2D eigenvalue weighted by Gasteiger charge is 2.22. The van der Waals surface area contributed by atoms with E-state index in [4.69, 9.17) is 4.74 Å². The average molecular weight is 328 g/mol. The summed E-state index contributed by atoms with van der Waals surface area (Å²) in [4.78, 5) is 24.4. The SMILES string of the molecule is O=C(NCCNc1cc(Nc2ccccn2)ncn1)C1CCOC1. The van der Waals surface area contributed by atoms with Crippen LogP contribution in [-0.2, 0) is 9.53 Å². The molecule has 3 N–H and O–H groups in total. The molecule has 126 valence electrons. The highest BCUT2D eigenvalue weighted by atomic mass is 16.5. The summed E-state index contributed by atoms with van der Waals surface area (Å²) in [5, 5.41) is 9.16. The standard InChI is InChI=1S/C16H20N6O2/c23-16(12-4-8-24-10-12)19-7-6-18-14-9-15(21-11-20-14)22-13-3-1-2-5-17-13/h1-3,5,9,11-12H,4,6-8,10H2,(H,19,23)(H2,17,18,20,21,22). The van der Waals surface area contributed by atoms with E-state index in [0.717, 1.165) is 6.42 Å². The number of carbonyl (C=O) groups is 1. The first-order valence-corrected chi connectivity index (χ1v) is 7.91. The molecule has 1 saturated heterocycles. The number of rotatable bonds is 7. The maximum atomic E-state index is 11.9. The van der Waals surface area contributed by atoms with Crippen LogP contribution < -0.4 is 16.0 Å². The third-order valence-corrected chi connectivity index (χ3v) is 3.62. The summed E-state index contributed by atoms with van der Waals surface area (Å²) < 4.78 is 5.21. The van der Waals surface area contributed by atoms with E-state index >= 15 is 0 Å². The van der Waals surface area contributed by atoms with Gasteiger partial charge in [-0.1, -0.05) is 6.07 Å². The fraction of sp³-hybridized carbons (Fsp3) is 0.375. The predicted molar refractivity (Wildman–Crippen MR) is 90.0 cm³/mol. The van der Waals surface area contributed by atoms with Crippen molar-refractivity contribution < 1.29 is 9.53 Å². The second-order valence-corrected chi connectivity index (χ2v) is 5.41. The molecule has 0 radical (unpaired) electrons. The first-order chi connectivity index (χ1) is 11.8. The monoisotopic (exact) mass is 328 g/mol. The van der Waals surface area contributed by atoms with Gasteiger partial charge in [-0.15, -0.1) is 0 Å². The molecule has 1 aliphatic rings. The highest BCUT2D eigenvalue weighted by Crippen LogP contribution is 2.14. The minimum Gasteiger partial charge on any atom is -0.381 e. The molecule has 24 heavy (non-hydrogen) atoms. The van der Waals surface area contributed by atoms with Gasteiger partial charge in [-0.2, -0.15) is 0 Å². The Morgan fingerprint density at radius 2 is 2.08 bits per heavy atom. The molecule has 8 nitrogen and oxygen atoms in total. The lowest BCUT2D eigenvalue weighted by Gasteiger charge is -2.11. The Morgan fingerprint density at radius 3 is 2.88 bits per heavy atom. The minimum absolute atomic E-state index is 0.0155. The summed E-state index contributed by atoms with van der Waals surface area (Å²) in [5.74, 6) is 2.08. The van der Waals surface area contributed by atoms with Crippen LogP contribution in [0.2, 0.25) is 0 Å². The Balaban J connectivity index is 1.44. The van der Waals surface area contributed by atoms with E-state index in [1.54, 1.807) is 12.3 Å². The number of hydrogen-bond donors (Lipinski definition) is 3. The van der Waals surface area contributed by atoms with Gasteiger partial charge in [-0.05, 0) is 18.6 Å². The van der Waals surface area contributed by atoms with Crippen molar-refractivity contribution in [1.29, 1.82) is 0 Å². The van der Waals surface area contributed by atoms with Crippen molar-refractivity contribution in [2.45, 2.75) is 6.42 Å². The van der Waals surface area contributed by atoms with Crippen LogP contribution >= 0.6 is 0 Å². The molecule has 2 aromatic heterocycles. The zero-order valence-corrected chi connectivity index (χ0v) is 13.2. The van der Waals surface area contributed by atoms with E-state index in [-0.39, 0.29) is 11.8 Å². The summed E-state index contributed by atoms with van der Waals surface area (Å²) in [7, 11) is 0. The number of ether oxygens (including phenoxy) is 1. The van der Waals surface area contributed by atoms with E-state index in [2.05, 4.69) is 30.9 Å². The van der Waals surface area contributed by atoms with E-state index in [0.29, 0.717) is 43.8 Å². The van der Waals surface area contributed by atoms with Gasteiger partial charge >= 0.3 is 0 Å². The summed E-state index contributed by atoms with van der Waals surface area (Å²) in [6.45, 7) is 2.30. The molecular formula is C16H20N6O2. The first kappa shape index (κ1) is 16.1. The molecule has 3 heterocycles. The number of carbonyl (C=O) groups excluding carboxylic acids is 1. The maximum Gasteiger partial charge on any atom is 0.225 e. The third-order valence-electron chi connectivity index (χ3n) is 3.62. The summed E-state index contributed by atoms with van der Waals surface area (Å²) >= 11 is 0. The predicted octanol–water partition coefficient (Wildman–Crippen LogP) is 1.18. The van der Waals surface area contributed by atoms with Gasteiger partial charge in [0.15, 0.2) is 0 Å². The van der Waals surface area contributed by atoms with Crippen molar-refractivity contribution in [1.82, 2.24) is 20.3 Å². The van der Waals surface area contributed by atoms with Gasteiger partial charge < -0.3 is 20.7 Å². The summed E-state index contributed by atoms with van der Waals surface area (Å²) in [6.07, 6.45) is 3.98. The lowest BCUT2D eigenvalue weighted by atomic mass is 10.1. The van der Waals surface area contributed by atoms with Crippen LogP contribution in [0, 0.1) is 5.92 Å². The van der Waals surface area contributed by atoms with Gasteiger partial charge in [0.1, 0.15) is 23.8 Å². The van der Waals surface area contributed by atoms with Crippen LogP contribution in [0.3, 0.4) is 0 Å². The quantitative estimate of drug-likeness (QED) is 0.656. The van der Waals surface area contributed by atoms with Crippen LogP contribution in [0.4, 0.5) is 17.5 Å². The van der Waals surface area contributed by atoms with Gasteiger partial charge in [0.25, 0.3) is 0 Å². The largest absolute Gasteiger partial charge is 0.381 e. The highest BCUT2D eigenvalue weighted by molar-refractivity contribution is 5.79. The van der Waals surface area contributed by atoms with Gasteiger partial charge in [0.05, 0.1) is 12.5 Å². The maximum absolute atomic E-state index is 11.9. The smallest absolute Gasteiger partial charge is 0.225 e. The molecule has 3 rings (SSSR count). The Morgan fingerprint density at radius 1 is 1.17 bits per heavy atom. The number of aromatic nitrogens is 3. The molecule has 1 atom stereocenters. The molecule has 1 amide bonds. The molecule has 0 spiro atoms. The van der Waals surface area contributed by atoms with E-state index in [9.17, 15) is 4.79 Å². The Bertz CT molecular complexity index is 661. The minimum atomic E-state index is -0.0155. The van der Waals surface area contributed by atoms with Crippen molar-refractivity contribution >= 4 is 23.4 Å². The fourth-order valence-corrected chi connectivity index (χ4v) is 2.35. The number of pyridine rings is 1. The molecule has 8 heteroatoms. The Labute approximate surface area is 140 Å². The van der Waals surface area contributed by atoms with Crippen LogP contribution in [0.1, 0.15) is 6.42 Å². The molecule has 0 saturated carbocycles. The number of amides is 1. The van der Waals surface area contributed by atoms with Gasteiger partial charge in [-0.3, -0.25) is 4.79 Å². The molecule has 1 unspecified atom stereocenters. The second-order valence-electron chi connectivity index (χ2n) is 5.41. The molecule has 1 aliphatic heterocycles. The zero-order chi connectivity index (χ0) is 16.6. The van der Waals surface area contributed by atoms with Crippen molar-refractivity contribution in [3.8, 4) is 0 Å². The Kier molecular flexibility index (Phi) is 5.52. The zero-order valence-electron chi connectivity index (χ0n) is 13.2. The van der Waals surface area contributed by atoms with E-state index < -0.39 is 0 Å². The number of nitrogens with zero attached hydrogens (tertiary/aromatic N) is 3. The van der Waals surface area contributed by atoms with Gasteiger partial charge in [0, 0.05) is 32.0 Å². The number of nitrogens with one attached hydrogen (secondary N) is 3. The molecule has 0 aromatic carbocycles. The molecule has 1 fully saturated rings. The van der Waals surface area contributed by atoms with E-state index in [1.807, 2.05) is 18.2 Å². The van der Waals surface area contributed by atoms with Crippen LogP contribution in [0.15, 0.2) is 36.8 Å². The lowest BCUT2D eigenvalue weighted by molar-refractivity contribution is -0.124. The van der Waals surface area contributed by atoms with Crippen LogP contribution in [0.5, 0.6) is 0 Å². The van der Waals surface area contributed by atoms with E-state index in [1.165, 1.54) is 6.33 Å². The lowest BCUT2D eigenvalue weighted by Crippen LogP contribution is -2.34. The van der Waals surface area contributed by atoms with Crippen LogP contribution in [-0.4, -0.2) is 47.2 Å². The van der Waals surface area contributed by atoms with Crippen molar-refractivity contribution in [3.63, 3.8) is 0 Å². The molecule has 0 aliphatic carbocycles. The topological polar surface area (TPSA) is 101 Å². The normalized spacial score (nSPS) is 16.6. The fourth-order valence-electron chi connectivity index (χ4n) is 2.35. The van der Waals surface area contributed by atoms with Crippen LogP contribution in [0.25, 0.3) is 0 Å². The van der Waals surface area contributed by atoms with Crippen molar-refractivity contribution in [3.05, 3.63) is 36.8 Å². The molecule has 0 bridgehead atoms. The first-order valence-electron chi connectivity index (χ1n) is 7.91. The number of hydrogen-bond acceptors (Lipinski definition) is 7. The third kappa shape index (κ3) is 4.63. The summed E-state index contributed by atoms with van der Waals surface area (Å²) in [5.41, 5.74) is 0. The van der Waals surface area contributed by atoms with Crippen molar-refractivity contribution in [2.24, 2.45) is 5.92 Å². The van der Waals surface area contributed by atoms with Gasteiger partial charge in [0.2, 0.25) is 5.91 Å². The Hall–Kier alpha value is -2.74. The second kappa shape index (κ2) is 8.21. The molecular weight excluding hydrogens is 308 g/mol. The number of anilines is 3. The van der Waals surface area contributed by atoms with Gasteiger partial charge in [-0.25, -0.2) is 15.0 Å². The average Bonchev–Trinajstić information content (AvgIpc) is 3.15. The van der Waals surface area contributed by atoms with Crippen molar-refractivity contribution in [2.75, 3.05) is 36.9 Å². The molecule has 2 aromatic rings.